The van der Waals surface area contributed by atoms with Gasteiger partial charge >= 0.3 is 0 Å². The van der Waals surface area contributed by atoms with E-state index in [-0.39, 0.29) is 0 Å². The van der Waals surface area contributed by atoms with Crippen LogP contribution in [0.4, 0.5) is 5.69 Å². The lowest BCUT2D eigenvalue weighted by Crippen LogP contribution is -2.01. The fraction of sp³-hybridized carbons (Fsp3) is 0.143. The predicted octanol–water partition coefficient (Wildman–Crippen LogP) is 5.51. The van der Waals surface area contributed by atoms with Crippen molar-refractivity contribution in [3.63, 3.8) is 0 Å². The highest BCUT2D eigenvalue weighted by Crippen LogP contribution is 2.33. The average molecular weight is 393 g/mol. The second-order valence-electron chi connectivity index (χ2n) is 3.93. The molecule has 0 heterocycles. The Labute approximate surface area is 140 Å². The third kappa shape index (κ3) is 4.22. The minimum absolute atomic E-state index is 0.500. The van der Waals surface area contributed by atoms with Gasteiger partial charge in [0.2, 0.25) is 0 Å². The molecule has 2 aromatic rings. The van der Waals surface area contributed by atoms with Crippen molar-refractivity contribution in [3.8, 4) is 5.75 Å². The minimum atomic E-state index is 0.500. The first-order valence-electron chi connectivity index (χ1n) is 5.82. The zero-order valence-corrected chi connectivity index (χ0v) is 14.3. The van der Waals surface area contributed by atoms with Crippen molar-refractivity contribution in [2.75, 3.05) is 18.1 Å². The summed E-state index contributed by atoms with van der Waals surface area (Å²) in [6.45, 7) is 0.500. The van der Waals surface area contributed by atoms with Crippen LogP contribution in [0.5, 0.6) is 5.75 Å². The summed E-state index contributed by atoms with van der Waals surface area (Å²) in [6.07, 6.45) is 0. The highest BCUT2D eigenvalue weighted by Gasteiger charge is 2.07. The number of hydrogen-bond donors (Lipinski definition) is 1. The molecule has 0 saturated carbocycles. The van der Waals surface area contributed by atoms with Crippen LogP contribution in [0.15, 0.2) is 45.8 Å². The summed E-state index contributed by atoms with van der Waals surface area (Å²) in [5.41, 5.74) is 6.66. The SMILES string of the molecule is Nc1ccc(Br)cc1SCCOc1c(Cl)cccc1Cl. The molecular formula is C14H12BrCl2NOS. The van der Waals surface area contributed by atoms with E-state index in [0.717, 1.165) is 20.8 Å². The maximum absolute atomic E-state index is 6.03. The van der Waals surface area contributed by atoms with Crippen LogP contribution < -0.4 is 10.5 Å². The van der Waals surface area contributed by atoms with E-state index in [1.54, 1.807) is 30.0 Å². The molecule has 2 aromatic carbocycles. The number of nitrogen functional groups attached to an aromatic ring is 1. The molecule has 0 bridgehead atoms. The summed E-state index contributed by atoms with van der Waals surface area (Å²) in [5, 5.41) is 1.04. The highest BCUT2D eigenvalue weighted by atomic mass is 79.9. The predicted molar refractivity (Wildman–Crippen MR) is 91.2 cm³/mol. The van der Waals surface area contributed by atoms with Crippen LogP contribution in [-0.2, 0) is 0 Å². The lowest BCUT2D eigenvalue weighted by Gasteiger charge is -2.10. The van der Waals surface area contributed by atoms with Crippen molar-refractivity contribution >= 4 is 56.6 Å². The number of thioether (sulfide) groups is 1. The van der Waals surface area contributed by atoms with Crippen molar-refractivity contribution in [1.82, 2.24) is 0 Å². The van der Waals surface area contributed by atoms with Gasteiger partial charge in [0.15, 0.2) is 5.75 Å². The lowest BCUT2D eigenvalue weighted by molar-refractivity contribution is 0.344. The third-order valence-corrected chi connectivity index (χ3v) is 4.61. The van der Waals surface area contributed by atoms with Gasteiger partial charge in [0, 0.05) is 20.8 Å². The van der Waals surface area contributed by atoms with Gasteiger partial charge in [0.1, 0.15) is 0 Å². The van der Waals surface area contributed by atoms with E-state index in [9.17, 15) is 0 Å². The number of anilines is 1. The Morgan fingerprint density at radius 2 is 1.85 bits per heavy atom. The van der Waals surface area contributed by atoms with Crippen LogP contribution in [0.3, 0.4) is 0 Å². The molecule has 0 atom stereocenters. The molecule has 0 aliphatic carbocycles. The van der Waals surface area contributed by atoms with E-state index in [1.807, 2.05) is 18.2 Å². The van der Waals surface area contributed by atoms with Crippen molar-refractivity contribution in [2.45, 2.75) is 4.90 Å². The largest absolute Gasteiger partial charge is 0.490 e. The zero-order valence-electron chi connectivity index (χ0n) is 10.4. The summed E-state index contributed by atoms with van der Waals surface area (Å²) in [5.74, 6) is 1.28. The van der Waals surface area contributed by atoms with E-state index < -0.39 is 0 Å². The first-order valence-corrected chi connectivity index (χ1v) is 8.36. The molecule has 106 valence electrons. The molecule has 2 N–H and O–H groups in total. The van der Waals surface area contributed by atoms with Gasteiger partial charge in [-0.3, -0.25) is 0 Å². The summed E-state index contributed by atoms with van der Waals surface area (Å²) in [4.78, 5) is 1.02. The molecule has 0 aromatic heterocycles. The fourth-order valence-corrected chi connectivity index (χ4v) is 3.40. The van der Waals surface area contributed by atoms with Crippen molar-refractivity contribution in [3.05, 3.63) is 50.9 Å². The molecule has 0 saturated heterocycles. The molecule has 0 radical (unpaired) electrons. The van der Waals surface area contributed by atoms with Crippen LogP contribution in [0.1, 0.15) is 0 Å². The molecule has 0 aliphatic heterocycles. The quantitative estimate of drug-likeness (QED) is 0.414. The van der Waals surface area contributed by atoms with Crippen LogP contribution in [0.2, 0.25) is 10.0 Å². The Hall–Kier alpha value is -0.550. The van der Waals surface area contributed by atoms with Crippen molar-refractivity contribution in [1.29, 1.82) is 0 Å². The number of benzene rings is 2. The van der Waals surface area contributed by atoms with Gasteiger partial charge in [-0.25, -0.2) is 0 Å². The zero-order chi connectivity index (χ0) is 14.5. The Kier molecular flexibility index (Phi) is 5.90. The Bertz CT molecular complexity index is 589. The molecule has 2 rings (SSSR count). The molecule has 0 fully saturated rings. The molecule has 0 unspecified atom stereocenters. The Balaban J connectivity index is 1.89. The van der Waals surface area contributed by atoms with Crippen LogP contribution in [0, 0.1) is 0 Å². The number of rotatable bonds is 5. The summed E-state index contributed by atoms with van der Waals surface area (Å²) in [7, 11) is 0. The highest BCUT2D eigenvalue weighted by molar-refractivity contribution is 9.10. The molecule has 6 heteroatoms. The molecule has 0 spiro atoms. The second kappa shape index (κ2) is 7.46. The van der Waals surface area contributed by atoms with Gasteiger partial charge in [0.25, 0.3) is 0 Å². The average Bonchev–Trinajstić information content (AvgIpc) is 2.41. The number of halogens is 3. The summed E-state index contributed by atoms with van der Waals surface area (Å²) < 4.78 is 6.63. The van der Waals surface area contributed by atoms with Crippen molar-refractivity contribution in [2.24, 2.45) is 0 Å². The van der Waals surface area contributed by atoms with E-state index in [2.05, 4.69) is 15.9 Å². The van der Waals surface area contributed by atoms with Gasteiger partial charge in [-0.15, -0.1) is 11.8 Å². The summed E-state index contributed by atoms with van der Waals surface area (Å²) in [6, 6.07) is 11.1. The molecule has 2 nitrogen and oxygen atoms in total. The maximum atomic E-state index is 6.03. The topological polar surface area (TPSA) is 35.2 Å². The lowest BCUT2D eigenvalue weighted by atomic mass is 10.3. The summed E-state index contributed by atoms with van der Waals surface area (Å²) >= 11 is 17.1. The molecular weight excluding hydrogens is 381 g/mol. The van der Waals surface area contributed by atoms with E-state index in [1.165, 1.54) is 0 Å². The number of nitrogens with two attached hydrogens (primary N) is 1. The molecule has 0 amide bonds. The van der Waals surface area contributed by atoms with Gasteiger partial charge < -0.3 is 10.5 Å². The second-order valence-corrected chi connectivity index (χ2v) is 6.80. The number of hydrogen-bond acceptors (Lipinski definition) is 3. The van der Waals surface area contributed by atoms with Gasteiger partial charge in [-0.05, 0) is 30.3 Å². The van der Waals surface area contributed by atoms with Gasteiger partial charge in [0.05, 0.1) is 16.7 Å². The van der Waals surface area contributed by atoms with Crippen molar-refractivity contribution < 1.29 is 4.74 Å². The Morgan fingerprint density at radius 3 is 2.55 bits per heavy atom. The van der Waals surface area contributed by atoms with Gasteiger partial charge in [-0.2, -0.15) is 0 Å². The van der Waals surface area contributed by atoms with E-state index in [0.29, 0.717) is 22.4 Å². The first kappa shape index (κ1) is 15.8. The molecule has 0 aliphatic rings. The maximum Gasteiger partial charge on any atom is 0.156 e. The monoisotopic (exact) mass is 391 g/mol. The normalized spacial score (nSPS) is 10.6. The van der Waals surface area contributed by atoms with Crippen LogP contribution in [-0.4, -0.2) is 12.4 Å². The standard InChI is InChI=1S/C14H12BrCl2NOS/c15-9-4-5-12(18)13(8-9)20-7-6-19-14-10(16)2-1-3-11(14)17/h1-5,8H,6-7,18H2. The van der Waals surface area contributed by atoms with Gasteiger partial charge in [-0.1, -0.05) is 45.2 Å². The minimum Gasteiger partial charge on any atom is -0.490 e. The Morgan fingerprint density at radius 1 is 1.15 bits per heavy atom. The van der Waals surface area contributed by atoms with E-state index >= 15 is 0 Å². The van der Waals surface area contributed by atoms with Crippen LogP contribution in [0.25, 0.3) is 0 Å². The molecule has 20 heavy (non-hydrogen) atoms. The third-order valence-electron chi connectivity index (χ3n) is 2.48. The number of para-hydroxylation sites is 1. The fourth-order valence-electron chi connectivity index (χ4n) is 1.55. The first-order chi connectivity index (χ1) is 9.58. The smallest absolute Gasteiger partial charge is 0.156 e. The van der Waals surface area contributed by atoms with E-state index in [4.69, 9.17) is 33.7 Å². The van der Waals surface area contributed by atoms with Crippen LogP contribution >= 0.6 is 50.9 Å². The number of ether oxygens (including phenoxy) is 1.